The van der Waals surface area contributed by atoms with Crippen molar-refractivity contribution < 1.29 is 17.9 Å². The molecule has 2 aliphatic heterocycles. The third-order valence-electron chi connectivity index (χ3n) is 4.79. The highest BCUT2D eigenvalue weighted by Crippen LogP contribution is 2.14. The average molecular weight is 398 g/mol. The zero-order valence-electron chi connectivity index (χ0n) is 15.9. The maximum Gasteiger partial charge on any atom is 0.272 e. The lowest BCUT2D eigenvalue weighted by molar-refractivity contribution is 0.0638. The standard InChI is InChI=1S/C17H27N5O4S/c1-14-13-15(19-17(18-14)22-7-10-26-11-8-22)16(23)21-5-3-20(4-6-21)9-12-27(2,24)25/h13H,3-12H2,1-2H3. The minimum Gasteiger partial charge on any atom is -0.378 e. The van der Waals surface area contributed by atoms with E-state index < -0.39 is 9.84 Å². The van der Waals surface area contributed by atoms with Gasteiger partial charge in [-0.15, -0.1) is 0 Å². The summed E-state index contributed by atoms with van der Waals surface area (Å²) in [5.74, 6) is 0.626. The van der Waals surface area contributed by atoms with Crippen molar-refractivity contribution in [1.29, 1.82) is 0 Å². The molecule has 2 aliphatic rings. The zero-order valence-corrected chi connectivity index (χ0v) is 16.7. The Kier molecular flexibility index (Phi) is 6.28. The van der Waals surface area contributed by atoms with Crippen LogP contribution in [0.5, 0.6) is 0 Å². The first-order valence-electron chi connectivity index (χ1n) is 9.19. The summed E-state index contributed by atoms with van der Waals surface area (Å²) in [7, 11) is -2.97. The smallest absolute Gasteiger partial charge is 0.272 e. The van der Waals surface area contributed by atoms with E-state index in [9.17, 15) is 13.2 Å². The maximum absolute atomic E-state index is 12.9. The Morgan fingerprint density at radius 1 is 1.11 bits per heavy atom. The van der Waals surface area contributed by atoms with Gasteiger partial charge >= 0.3 is 0 Å². The van der Waals surface area contributed by atoms with Crippen LogP contribution in [0.1, 0.15) is 16.2 Å². The van der Waals surface area contributed by atoms with Gasteiger partial charge in [-0.2, -0.15) is 0 Å². The van der Waals surface area contributed by atoms with Gasteiger partial charge in [-0.25, -0.2) is 18.4 Å². The lowest BCUT2D eigenvalue weighted by atomic mass is 10.2. The van der Waals surface area contributed by atoms with E-state index in [-0.39, 0.29) is 11.7 Å². The third kappa shape index (κ3) is 5.60. The van der Waals surface area contributed by atoms with Crippen LogP contribution in [0.3, 0.4) is 0 Å². The van der Waals surface area contributed by atoms with Gasteiger partial charge < -0.3 is 14.5 Å². The predicted molar refractivity (Wildman–Crippen MR) is 102 cm³/mol. The second-order valence-electron chi connectivity index (χ2n) is 7.06. The third-order valence-corrected chi connectivity index (χ3v) is 5.72. The van der Waals surface area contributed by atoms with Crippen molar-refractivity contribution in [2.24, 2.45) is 0 Å². The summed E-state index contributed by atoms with van der Waals surface area (Å²) in [6, 6.07) is 1.72. The summed E-state index contributed by atoms with van der Waals surface area (Å²) in [6.45, 7) is 7.55. The first kappa shape index (κ1) is 20.0. The van der Waals surface area contributed by atoms with E-state index in [4.69, 9.17) is 4.74 Å². The van der Waals surface area contributed by atoms with Crippen molar-refractivity contribution in [3.05, 3.63) is 17.5 Å². The first-order valence-corrected chi connectivity index (χ1v) is 11.3. The van der Waals surface area contributed by atoms with E-state index >= 15 is 0 Å². The van der Waals surface area contributed by atoms with Crippen molar-refractivity contribution in [3.8, 4) is 0 Å². The number of carbonyl (C=O) groups excluding carboxylic acids is 1. The van der Waals surface area contributed by atoms with Gasteiger partial charge in [-0.05, 0) is 13.0 Å². The van der Waals surface area contributed by atoms with Crippen LogP contribution in [0.4, 0.5) is 5.95 Å². The van der Waals surface area contributed by atoms with Gasteiger partial charge in [-0.3, -0.25) is 9.69 Å². The molecule has 0 saturated carbocycles. The monoisotopic (exact) mass is 397 g/mol. The van der Waals surface area contributed by atoms with Gasteiger partial charge in [-0.1, -0.05) is 0 Å². The Labute approximate surface area is 160 Å². The van der Waals surface area contributed by atoms with E-state index in [1.807, 2.05) is 11.8 Å². The number of nitrogens with zero attached hydrogens (tertiary/aromatic N) is 5. The minimum atomic E-state index is -2.97. The summed E-state index contributed by atoms with van der Waals surface area (Å²) < 4.78 is 28.0. The van der Waals surface area contributed by atoms with Crippen LogP contribution < -0.4 is 4.90 Å². The Balaban J connectivity index is 1.62. The average Bonchev–Trinajstić information content (AvgIpc) is 2.66. The molecule has 9 nitrogen and oxygen atoms in total. The molecule has 1 aromatic heterocycles. The van der Waals surface area contributed by atoms with Crippen LogP contribution in [0.15, 0.2) is 6.07 Å². The van der Waals surface area contributed by atoms with E-state index in [0.717, 1.165) is 18.8 Å². The molecule has 0 atom stereocenters. The summed E-state index contributed by atoms with van der Waals surface area (Å²) >= 11 is 0. The molecule has 10 heteroatoms. The molecule has 0 radical (unpaired) electrons. The largest absolute Gasteiger partial charge is 0.378 e. The molecule has 1 aromatic rings. The van der Waals surface area contributed by atoms with Crippen LogP contribution in [0, 0.1) is 6.92 Å². The molecule has 3 heterocycles. The number of hydrogen-bond acceptors (Lipinski definition) is 8. The zero-order chi connectivity index (χ0) is 19.4. The topological polar surface area (TPSA) is 95.9 Å². The Morgan fingerprint density at radius 2 is 1.78 bits per heavy atom. The number of piperazine rings is 1. The second-order valence-corrected chi connectivity index (χ2v) is 9.32. The van der Waals surface area contributed by atoms with Crippen LogP contribution in [0.25, 0.3) is 0 Å². The van der Waals surface area contributed by atoms with E-state index in [1.165, 1.54) is 6.26 Å². The number of carbonyl (C=O) groups is 1. The number of sulfone groups is 1. The van der Waals surface area contributed by atoms with Gasteiger partial charge in [0.25, 0.3) is 5.91 Å². The van der Waals surface area contributed by atoms with Gasteiger partial charge in [0.2, 0.25) is 5.95 Å². The van der Waals surface area contributed by atoms with E-state index in [0.29, 0.717) is 57.6 Å². The molecule has 2 fully saturated rings. The predicted octanol–water partition coefficient (Wildman–Crippen LogP) is -0.576. The number of hydrogen-bond donors (Lipinski definition) is 0. The maximum atomic E-state index is 12.9. The molecule has 150 valence electrons. The first-order chi connectivity index (χ1) is 12.8. The fourth-order valence-corrected chi connectivity index (χ4v) is 3.79. The van der Waals surface area contributed by atoms with Crippen LogP contribution in [-0.4, -0.2) is 105 Å². The van der Waals surface area contributed by atoms with Crippen molar-refractivity contribution in [3.63, 3.8) is 0 Å². The molecule has 0 bridgehead atoms. The lowest BCUT2D eigenvalue weighted by Gasteiger charge is -2.34. The number of amides is 1. The number of morpholine rings is 1. The lowest BCUT2D eigenvalue weighted by Crippen LogP contribution is -2.49. The number of anilines is 1. The second kappa shape index (κ2) is 8.49. The van der Waals surface area contributed by atoms with Crippen LogP contribution in [0.2, 0.25) is 0 Å². The molecular weight excluding hydrogens is 370 g/mol. The number of aromatic nitrogens is 2. The van der Waals surface area contributed by atoms with Gasteiger partial charge in [0, 0.05) is 57.8 Å². The van der Waals surface area contributed by atoms with Crippen molar-refractivity contribution in [2.75, 3.05) is 75.9 Å². The van der Waals surface area contributed by atoms with Gasteiger partial charge in [0.1, 0.15) is 15.5 Å². The van der Waals surface area contributed by atoms with Crippen molar-refractivity contribution in [2.45, 2.75) is 6.92 Å². The molecule has 3 rings (SSSR count). The minimum absolute atomic E-state index is 0.0993. The Bertz CT molecular complexity index is 772. The molecule has 27 heavy (non-hydrogen) atoms. The molecular formula is C17H27N5O4S. The molecule has 0 aliphatic carbocycles. The summed E-state index contributed by atoms with van der Waals surface area (Å²) in [6.07, 6.45) is 1.25. The Morgan fingerprint density at radius 3 is 2.41 bits per heavy atom. The summed E-state index contributed by atoms with van der Waals surface area (Å²) in [5, 5.41) is 0. The highest BCUT2D eigenvalue weighted by Gasteiger charge is 2.25. The van der Waals surface area contributed by atoms with E-state index in [2.05, 4.69) is 14.9 Å². The molecule has 1 amide bonds. The van der Waals surface area contributed by atoms with Crippen LogP contribution in [-0.2, 0) is 14.6 Å². The number of rotatable bonds is 5. The fraction of sp³-hybridized carbons (Fsp3) is 0.706. The number of aryl methyl sites for hydroxylation is 1. The van der Waals surface area contributed by atoms with Crippen molar-refractivity contribution in [1.82, 2.24) is 19.8 Å². The fourth-order valence-electron chi connectivity index (χ4n) is 3.20. The van der Waals surface area contributed by atoms with Crippen molar-refractivity contribution >= 4 is 21.7 Å². The van der Waals surface area contributed by atoms with E-state index in [1.54, 1.807) is 11.0 Å². The highest BCUT2D eigenvalue weighted by molar-refractivity contribution is 7.90. The molecule has 0 spiro atoms. The number of ether oxygens (including phenoxy) is 1. The van der Waals surface area contributed by atoms with Gasteiger partial charge in [0.05, 0.1) is 19.0 Å². The molecule has 2 saturated heterocycles. The Hall–Kier alpha value is -1.78. The highest BCUT2D eigenvalue weighted by atomic mass is 32.2. The van der Waals surface area contributed by atoms with Gasteiger partial charge in [0.15, 0.2) is 0 Å². The summed E-state index contributed by atoms with van der Waals surface area (Å²) in [4.78, 5) is 27.7. The molecule has 0 aromatic carbocycles. The molecule has 0 unspecified atom stereocenters. The van der Waals surface area contributed by atoms with Crippen LogP contribution >= 0.6 is 0 Å². The quantitative estimate of drug-likeness (QED) is 0.651. The molecule has 0 N–H and O–H groups in total. The normalized spacial score (nSPS) is 19.3. The SMILES string of the molecule is Cc1cc(C(=O)N2CCN(CCS(C)(=O)=O)CC2)nc(N2CCOCC2)n1. The summed E-state index contributed by atoms with van der Waals surface area (Å²) in [5.41, 5.74) is 1.18.